The summed E-state index contributed by atoms with van der Waals surface area (Å²) in [5.74, 6) is 0.223. The van der Waals surface area contributed by atoms with Crippen molar-refractivity contribution in [3.05, 3.63) is 0 Å². The summed E-state index contributed by atoms with van der Waals surface area (Å²) >= 11 is 0. The molecule has 0 aliphatic heterocycles. The fourth-order valence-corrected chi connectivity index (χ4v) is 4.37. The van der Waals surface area contributed by atoms with E-state index in [0.29, 0.717) is 5.92 Å². The van der Waals surface area contributed by atoms with Crippen molar-refractivity contribution in [3.8, 4) is 0 Å². The molecule has 1 aliphatic rings. The van der Waals surface area contributed by atoms with E-state index < -0.39 is 0 Å². The van der Waals surface area contributed by atoms with E-state index in [4.69, 9.17) is 0 Å². The Morgan fingerprint density at radius 2 is 1.29 bits per heavy atom. The minimum atomic E-state index is -0.338. The fraction of sp³-hybridized carbons (Fsp3) is 0.917. The van der Waals surface area contributed by atoms with E-state index in [0.717, 1.165) is 25.8 Å². The number of hydrogen-bond acceptors (Lipinski definition) is 2. The average Bonchev–Trinajstić information content (AvgIpc) is 2.70. The monoisotopic (exact) mass is 394 g/mol. The van der Waals surface area contributed by atoms with Crippen LogP contribution in [0.25, 0.3) is 0 Å². The Labute approximate surface area is 174 Å². The van der Waals surface area contributed by atoms with Crippen LogP contribution in [0.2, 0.25) is 0 Å². The molecule has 0 aromatic heterocycles. The van der Waals surface area contributed by atoms with Gasteiger partial charge in [-0.2, -0.15) is 0 Å². The third-order valence-corrected chi connectivity index (χ3v) is 6.09. The molecule has 0 aromatic carbocycles. The highest BCUT2D eigenvalue weighted by Crippen LogP contribution is 2.26. The molecule has 0 spiro atoms. The standard InChI is InChI=1S/C24H46N2O2/c1-3-4-5-6-7-8-9-10-11-12-13-17-20-25-24(28)23(26-21(2)27)22-18-15-14-16-19-22/h22-23H,3-20H2,1-2H3,(H,25,28)(H,26,27). The van der Waals surface area contributed by atoms with E-state index in [-0.39, 0.29) is 17.9 Å². The summed E-state index contributed by atoms with van der Waals surface area (Å²) in [5.41, 5.74) is 0. The molecule has 1 unspecified atom stereocenters. The predicted octanol–water partition coefficient (Wildman–Crippen LogP) is 5.89. The molecule has 1 fully saturated rings. The first kappa shape index (κ1) is 25.0. The van der Waals surface area contributed by atoms with Crippen LogP contribution >= 0.6 is 0 Å². The predicted molar refractivity (Wildman–Crippen MR) is 118 cm³/mol. The number of carbonyl (C=O) groups excluding carboxylic acids is 2. The van der Waals surface area contributed by atoms with Crippen LogP contribution in [0.5, 0.6) is 0 Å². The highest BCUT2D eigenvalue weighted by molar-refractivity contribution is 5.87. The second kappa shape index (κ2) is 16.9. The summed E-state index contributed by atoms with van der Waals surface area (Å²) in [6.07, 6.45) is 21.6. The second-order valence-electron chi connectivity index (χ2n) is 8.76. The van der Waals surface area contributed by atoms with Gasteiger partial charge >= 0.3 is 0 Å². The zero-order valence-electron chi connectivity index (χ0n) is 18.7. The Morgan fingerprint density at radius 1 is 0.786 bits per heavy atom. The zero-order chi connectivity index (χ0) is 20.5. The lowest BCUT2D eigenvalue weighted by atomic mass is 9.83. The van der Waals surface area contributed by atoms with Gasteiger partial charge in [0.25, 0.3) is 0 Å². The lowest BCUT2D eigenvalue weighted by Gasteiger charge is -2.29. The first-order valence-electron chi connectivity index (χ1n) is 12.2. The number of amides is 2. The van der Waals surface area contributed by atoms with E-state index in [2.05, 4.69) is 17.6 Å². The summed E-state index contributed by atoms with van der Waals surface area (Å²) in [6.45, 7) is 4.51. The molecular formula is C24H46N2O2. The topological polar surface area (TPSA) is 58.2 Å². The van der Waals surface area contributed by atoms with Gasteiger partial charge in [0, 0.05) is 13.5 Å². The van der Waals surface area contributed by atoms with Crippen LogP contribution in [0.4, 0.5) is 0 Å². The van der Waals surface area contributed by atoms with Gasteiger partial charge in [-0.25, -0.2) is 0 Å². The minimum Gasteiger partial charge on any atom is -0.354 e. The van der Waals surface area contributed by atoms with Crippen molar-refractivity contribution in [2.24, 2.45) is 5.92 Å². The molecule has 0 bridgehead atoms. The van der Waals surface area contributed by atoms with Crippen LogP contribution in [0.15, 0.2) is 0 Å². The molecule has 1 saturated carbocycles. The molecule has 1 atom stereocenters. The van der Waals surface area contributed by atoms with Crippen molar-refractivity contribution >= 4 is 11.8 Å². The first-order chi connectivity index (χ1) is 13.6. The third-order valence-electron chi connectivity index (χ3n) is 6.09. The lowest BCUT2D eigenvalue weighted by Crippen LogP contribution is -2.51. The van der Waals surface area contributed by atoms with Crippen molar-refractivity contribution in [1.29, 1.82) is 0 Å². The molecule has 0 heterocycles. The van der Waals surface area contributed by atoms with Gasteiger partial charge < -0.3 is 10.6 Å². The van der Waals surface area contributed by atoms with Crippen LogP contribution in [0.1, 0.15) is 123 Å². The van der Waals surface area contributed by atoms with Crippen molar-refractivity contribution < 1.29 is 9.59 Å². The van der Waals surface area contributed by atoms with Gasteiger partial charge in [0.05, 0.1) is 0 Å². The quantitative estimate of drug-likeness (QED) is 0.321. The highest BCUT2D eigenvalue weighted by atomic mass is 16.2. The van der Waals surface area contributed by atoms with Gasteiger partial charge in [-0.1, -0.05) is 96.8 Å². The molecular weight excluding hydrogens is 348 g/mol. The molecule has 28 heavy (non-hydrogen) atoms. The molecule has 2 N–H and O–H groups in total. The maximum absolute atomic E-state index is 12.6. The normalized spacial score (nSPS) is 15.9. The van der Waals surface area contributed by atoms with Gasteiger partial charge in [0.2, 0.25) is 11.8 Å². The van der Waals surface area contributed by atoms with Crippen molar-refractivity contribution in [2.45, 2.75) is 129 Å². The van der Waals surface area contributed by atoms with Gasteiger partial charge in [-0.15, -0.1) is 0 Å². The fourth-order valence-electron chi connectivity index (χ4n) is 4.37. The van der Waals surface area contributed by atoms with Gasteiger partial charge in [-0.3, -0.25) is 9.59 Å². The SMILES string of the molecule is CCCCCCCCCCCCCCNC(=O)C(NC(C)=O)C1CCCCC1. The summed E-state index contributed by atoms with van der Waals surface area (Å²) in [7, 11) is 0. The number of nitrogens with one attached hydrogen (secondary N) is 2. The number of carbonyl (C=O) groups is 2. The van der Waals surface area contributed by atoms with Crippen LogP contribution in [0.3, 0.4) is 0 Å². The molecule has 0 saturated heterocycles. The van der Waals surface area contributed by atoms with Crippen molar-refractivity contribution in [3.63, 3.8) is 0 Å². The van der Waals surface area contributed by atoms with E-state index >= 15 is 0 Å². The van der Waals surface area contributed by atoms with E-state index in [9.17, 15) is 9.59 Å². The molecule has 164 valence electrons. The van der Waals surface area contributed by atoms with Crippen LogP contribution < -0.4 is 10.6 Å². The molecule has 0 aromatic rings. The number of hydrogen-bond donors (Lipinski definition) is 2. The summed E-state index contributed by atoms with van der Waals surface area (Å²) in [5, 5.41) is 5.96. The Kier molecular flexibility index (Phi) is 15.0. The van der Waals surface area contributed by atoms with Crippen molar-refractivity contribution in [1.82, 2.24) is 10.6 Å². The molecule has 4 nitrogen and oxygen atoms in total. The van der Waals surface area contributed by atoms with Gasteiger partial charge in [0.1, 0.15) is 6.04 Å². The zero-order valence-corrected chi connectivity index (χ0v) is 18.7. The second-order valence-corrected chi connectivity index (χ2v) is 8.76. The van der Waals surface area contributed by atoms with Crippen LogP contribution in [0, 0.1) is 5.92 Å². The molecule has 4 heteroatoms. The van der Waals surface area contributed by atoms with Crippen molar-refractivity contribution in [2.75, 3.05) is 6.54 Å². The van der Waals surface area contributed by atoms with E-state index in [1.165, 1.54) is 96.8 Å². The summed E-state index contributed by atoms with van der Waals surface area (Å²) in [6, 6.07) is -0.338. The molecule has 1 aliphatic carbocycles. The first-order valence-corrected chi connectivity index (χ1v) is 12.2. The lowest BCUT2D eigenvalue weighted by molar-refractivity contribution is -0.129. The average molecular weight is 395 g/mol. The molecule has 1 rings (SSSR count). The third kappa shape index (κ3) is 12.4. The smallest absolute Gasteiger partial charge is 0.242 e. The number of rotatable bonds is 16. The summed E-state index contributed by atoms with van der Waals surface area (Å²) in [4.78, 5) is 24.1. The Hall–Kier alpha value is -1.06. The molecule has 2 amide bonds. The Balaban J connectivity index is 2.02. The Bertz CT molecular complexity index is 405. The Morgan fingerprint density at radius 3 is 1.79 bits per heavy atom. The highest BCUT2D eigenvalue weighted by Gasteiger charge is 2.29. The largest absolute Gasteiger partial charge is 0.354 e. The summed E-state index contributed by atoms with van der Waals surface area (Å²) < 4.78 is 0. The maximum atomic E-state index is 12.6. The molecule has 0 radical (unpaired) electrons. The number of unbranched alkanes of at least 4 members (excludes halogenated alkanes) is 11. The van der Waals surface area contributed by atoms with E-state index in [1.54, 1.807) is 0 Å². The van der Waals surface area contributed by atoms with Gasteiger partial charge in [0.15, 0.2) is 0 Å². The van der Waals surface area contributed by atoms with Crippen LogP contribution in [-0.2, 0) is 9.59 Å². The van der Waals surface area contributed by atoms with Crippen LogP contribution in [-0.4, -0.2) is 24.4 Å². The maximum Gasteiger partial charge on any atom is 0.242 e. The minimum absolute atomic E-state index is 0.0187. The van der Waals surface area contributed by atoms with Gasteiger partial charge in [-0.05, 0) is 25.2 Å². The van der Waals surface area contributed by atoms with E-state index in [1.807, 2.05) is 0 Å².